The molecule has 3 rings (SSSR count). The largest absolute Gasteiger partial charge is 0.508 e. The number of phenols is 1. The third-order valence-corrected chi connectivity index (χ3v) is 3.57. The number of ether oxygens (including phenoxy) is 1. The lowest BCUT2D eigenvalue weighted by Crippen LogP contribution is -2.04. The Morgan fingerprint density at radius 1 is 1.04 bits per heavy atom. The van der Waals surface area contributed by atoms with Gasteiger partial charge in [0.25, 0.3) is 0 Å². The molecule has 0 radical (unpaired) electrons. The van der Waals surface area contributed by atoms with E-state index in [1.54, 1.807) is 18.2 Å². The fourth-order valence-corrected chi connectivity index (χ4v) is 2.40. The van der Waals surface area contributed by atoms with Gasteiger partial charge in [0.05, 0.1) is 7.11 Å². The lowest BCUT2D eigenvalue weighted by molar-refractivity contribution is -0.140. The number of furan rings is 1. The van der Waals surface area contributed by atoms with Crippen molar-refractivity contribution >= 4 is 22.5 Å². The van der Waals surface area contributed by atoms with Crippen molar-refractivity contribution in [1.82, 2.24) is 0 Å². The highest BCUT2D eigenvalue weighted by Crippen LogP contribution is 2.28. The predicted octanol–water partition coefficient (Wildman–Crippen LogP) is 3.08. The topological polar surface area (TPSA) is 76.7 Å². The maximum absolute atomic E-state index is 12.6. The molecule has 0 saturated carbocycles. The van der Waals surface area contributed by atoms with Crippen molar-refractivity contribution < 1.29 is 23.8 Å². The third-order valence-electron chi connectivity index (χ3n) is 3.57. The molecule has 23 heavy (non-hydrogen) atoms. The van der Waals surface area contributed by atoms with Gasteiger partial charge >= 0.3 is 5.97 Å². The van der Waals surface area contributed by atoms with E-state index < -0.39 is 5.97 Å². The van der Waals surface area contributed by atoms with Crippen LogP contribution in [-0.2, 0) is 16.0 Å². The first kappa shape index (κ1) is 14.8. The van der Waals surface area contributed by atoms with Gasteiger partial charge in [0.2, 0.25) is 5.78 Å². The average molecular weight is 310 g/mol. The van der Waals surface area contributed by atoms with Crippen molar-refractivity contribution in [3.63, 3.8) is 0 Å². The minimum Gasteiger partial charge on any atom is -0.508 e. The fourth-order valence-electron chi connectivity index (χ4n) is 2.40. The van der Waals surface area contributed by atoms with Gasteiger partial charge in [-0.3, -0.25) is 9.59 Å². The zero-order valence-corrected chi connectivity index (χ0v) is 12.4. The number of fused-ring (bicyclic) bond motifs is 1. The molecule has 0 amide bonds. The summed E-state index contributed by atoms with van der Waals surface area (Å²) in [6.45, 7) is 0. The summed E-state index contributed by atoms with van der Waals surface area (Å²) in [6.07, 6.45) is -0.0418. The number of carbonyl (C=O) groups is 2. The van der Waals surface area contributed by atoms with E-state index in [-0.39, 0.29) is 23.7 Å². The van der Waals surface area contributed by atoms with E-state index in [9.17, 15) is 14.7 Å². The van der Waals surface area contributed by atoms with Crippen LogP contribution in [0.4, 0.5) is 0 Å². The molecule has 0 atom stereocenters. The van der Waals surface area contributed by atoms with Crippen LogP contribution in [0.15, 0.2) is 52.9 Å². The maximum atomic E-state index is 12.6. The van der Waals surface area contributed by atoms with Crippen LogP contribution in [0, 0.1) is 0 Å². The zero-order chi connectivity index (χ0) is 16.4. The Labute approximate surface area is 132 Å². The molecule has 116 valence electrons. The highest BCUT2D eigenvalue weighted by molar-refractivity contribution is 6.15. The number of hydrogen-bond donors (Lipinski definition) is 1. The Morgan fingerprint density at radius 2 is 1.70 bits per heavy atom. The van der Waals surface area contributed by atoms with Crippen LogP contribution < -0.4 is 0 Å². The van der Waals surface area contributed by atoms with Crippen LogP contribution in [0.1, 0.15) is 21.9 Å². The van der Waals surface area contributed by atoms with Crippen molar-refractivity contribution in [2.75, 3.05) is 7.11 Å². The van der Waals surface area contributed by atoms with Crippen molar-refractivity contribution in [3.05, 3.63) is 65.6 Å². The van der Waals surface area contributed by atoms with Gasteiger partial charge in [-0.1, -0.05) is 24.3 Å². The zero-order valence-electron chi connectivity index (χ0n) is 12.4. The summed E-state index contributed by atoms with van der Waals surface area (Å²) >= 11 is 0. The molecule has 1 aromatic heterocycles. The number of carbonyl (C=O) groups excluding carboxylic acids is 2. The number of methoxy groups -OCH3 is 1. The van der Waals surface area contributed by atoms with E-state index in [1.807, 2.05) is 6.07 Å². The second-order valence-electron chi connectivity index (χ2n) is 5.03. The first-order valence-corrected chi connectivity index (χ1v) is 7.01. The Kier molecular flexibility index (Phi) is 3.85. The predicted molar refractivity (Wildman–Crippen MR) is 83.5 cm³/mol. The van der Waals surface area contributed by atoms with Gasteiger partial charge in [0.15, 0.2) is 5.76 Å². The Balaban J connectivity index is 2.08. The van der Waals surface area contributed by atoms with Crippen molar-refractivity contribution in [2.24, 2.45) is 0 Å². The molecular weight excluding hydrogens is 296 g/mol. The lowest BCUT2D eigenvalue weighted by Gasteiger charge is -1.99. The summed E-state index contributed by atoms with van der Waals surface area (Å²) in [5.41, 5.74) is 0.395. The minimum atomic E-state index is -0.437. The standard InChI is InChI=1S/C18H14O5/c1-22-16(20)10-15-13-4-2-3-5-14(13)18(23-15)17(21)11-6-8-12(19)9-7-11/h2-9,19H,10H2,1H3. The number of esters is 1. The molecule has 0 unspecified atom stereocenters. The molecule has 0 saturated heterocycles. The minimum absolute atomic E-state index is 0.0418. The van der Waals surface area contributed by atoms with Crippen LogP contribution in [0.2, 0.25) is 0 Å². The molecule has 2 aromatic carbocycles. The maximum Gasteiger partial charge on any atom is 0.313 e. The molecule has 1 heterocycles. The summed E-state index contributed by atoms with van der Waals surface area (Å²) in [4.78, 5) is 24.2. The first-order chi connectivity index (χ1) is 11.1. The van der Waals surface area contributed by atoms with Gasteiger partial charge in [-0.15, -0.1) is 0 Å². The normalized spacial score (nSPS) is 10.7. The molecule has 0 aliphatic rings. The average Bonchev–Trinajstić information content (AvgIpc) is 2.93. The van der Waals surface area contributed by atoms with E-state index in [1.165, 1.54) is 31.4 Å². The molecule has 0 aliphatic heterocycles. The van der Waals surface area contributed by atoms with Crippen LogP contribution in [0.3, 0.4) is 0 Å². The summed E-state index contributed by atoms with van der Waals surface area (Å²) in [5.74, 6) is -0.0949. The number of hydrogen-bond acceptors (Lipinski definition) is 5. The molecular formula is C18H14O5. The van der Waals surface area contributed by atoms with Gasteiger partial charge in [0.1, 0.15) is 17.9 Å². The first-order valence-electron chi connectivity index (χ1n) is 7.01. The number of benzene rings is 2. The second kappa shape index (κ2) is 5.96. The van der Waals surface area contributed by atoms with Gasteiger partial charge < -0.3 is 14.3 Å². The van der Waals surface area contributed by atoms with E-state index >= 15 is 0 Å². The highest BCUT2D eigenvalue weighted by atomic mass is 16.5. The smallest absolute Gasteiger partial charge is 0.313 e. The Bertz CT molecular complexity index is 874. The molecule has 0 spiro atoms. The lowest BCUT2D eigenvalue weighted by atomic mass is 10.0. The van der Waals surface area contributed by atoms with Crippen LogP contribution in [0.5, 0.6) is 5.75 Å². The van der Waals surface area contributed by atoms with Crippen LogP contribution >= 0.6 is 0 Å². The van der Waals surface area contributed by atoms with Gasteiger partial charge in [0, 0.05) is 16.3 Å². The van der Waals surface area contributed by atoms with Crippen molar-refractivity contribution in [2.45, 2.75) is 6.42 Å². The van der Waals surface area contributed by atoms with E-state index in [4.69, 9.17) is 4.42 Å². The van der Waals surface area contributed by atoms with Gasteiger partial charge in [-0.25, -0.2) is 0 Å². The molecule has 0 aliphatic carbocycles. The molecule has 0 bridgehead atoms. The highest BCUT2D eigenvalue weighted by Gasteiger charge is 2.21. The Hall–Kier alpha value is -3.08. The summed E-state index contributed by atoms with van der Waals surface area (Å²) < 4.78 is 10.3. The fraction of sp³-hybridized carbons (Fsp3) is 0.111. The molecule has 5 heteroatoms. The molecule has 0 fully saturated rings. The summed E-state index contributed by atoms with van der Waals surface area (Å²) in [6, 6.07) is 13.1. The van der Waals surface area contributed by atoms with E-state index in [2.05, 4.69) is 4.74 Å². The molecule has 3 aromatic rings. The number of phenolic OH excluding ortho intramolecular Hbond substituents is 1. The SMILES string of the molecule is COC(=O)Cc1oc(C(=O)c2ccc(O)cc2)c2ccccc12. The van der Waals surface area contributed by atoms with Gasteiger partial charge in [-0.05, 0) is 24.3 Å². The van der Waals surface area contributed by atoms with Crippen LogP contribution in [-0.4, -0.2) is 24.0 Å². The van der Waals surface area contributed by atoms with E-state index in [0.717, 1.165) is 0 Å². The van der Waals surface area contributed by atoms with Crippen molar-refractivity contribution in [3.8, 4) is 5.75 Å². The van der Waals surface area contributed by atoms with E-state index in [0.29, 0.717) is 22.1 Å². The summed E-state index contributed by atoms with van der Waals surface area (Å²) in [7, 11) is 1.30. The number of rotatable bonds is 4. The number of aromatic hydroxyl groups is 1. The van der Waals surface area contributed by atoms with Gasteiger partial charge in [-0.2, -0.15) is 0 Å². The summed E-state index contributed by atoms with van der Waals surface area (Å²) in [5, 5.41) is 10.7. The number of ketones is 1. The molecule has 1 N–H and O–H groups in total. The third kappa shape index (κ3) is 2.81. The second-order valence-corrected chi connectivity index (χ2v) is 5.03. The monoisotopic (exact) mass is 310 g/mol. The molecule has 5 nitrogen and oxygen atoms in total. The van der Waals surface area contributed by atoms with Crippen molar-refractivity contribution in [1.29, 1.82) is 0 Å². The quantitative estimate of drug-likeness (QED) is 0.592. The Morgan fingerprint density at radius 3 is 2.35 bits per heavy atom. The van der Waals surface area contributed by atoms with Crippen LogP contribution in [0.25, 0.3) is 10.8 Å².